The molecule has 0 radical (unpaired) electrons. The molecule has 144 valence electrons. The molecule has 2 aromatic heterocycles. The zero-order chi connectivity index (χ0) is 19.1. The van der Waals surface area contributed by atoms with Gasteiger partial charge in [-0.1, -0.05) is 11.2 Å². The van der Waals surface area contributed by atoms with E-state index < -0.39 is 10.0 Å². The first-order chi connectivity index (χ1) is 13.6. The summed E-state index contributed by atoms with van der Waals surface area (Å²) >= 11 is 0. The molecule has 0 N–H and O–H groups in total. The van der Waals surface area contributed by atoms with Crippen molar-refractivity contribution in [3.8, 4) is 11.5 Å². The third-order valence-corrected chi connectivity index (χ3v) is 7.22. The molecule has 5 rings (SSSR count). The lowest BCUT2D eigenvalue weighted by Crippen LogP contribution is -2.48. The van der Waals surface area contributed by atoms with Crippen molar-refractivity contribution >= 4 is 10.0 Å². The molecule has 8 nitrogen and oxygen atoms in total. The predicted molar refractivity (Wildman–Crippen MR) is 99.9 cm³/mol. The molecule has 0 atom stereocenters. The lowest BCUT2D eigenvalue weighted by atomic mass is 9.92. The largest absolute Gasteiger partial charge is 0.339 e. The van der Waals surface area contributed by atoms with Crippen LogP contribution in [0.2, 0.25) is 0 Å². The third kappa shape index (κ3) is 3.00. The average molecular weight is 397 g/mol. The second-order valence-electron chi connectivity index (χ2n) is 7.20. The Bertz CT molecular complexity index is 1110. The molecule has 3 heterocycles. The van der Waals surface area contributed by atoms with Crippen LogP contribution in [0, 0.1) is 0 Å². The number of fused-ring (bicyclic) bond motifs is 1. The maximum atomic E-state index is 12.9. The van der Waals surface area contributed by atoms with Gasteiger partial charge in [0.25, 0.3) is 0 Å². The first-order valence-electron chi connectivity index (χ1n) is 9.33. The molecule has 1 aliphatic carbocycles. The molecule has 0 unspecified atom stereocenters. The summed E-state index contributed by atoms with van der Waals surface area (Å²) in [4.78, 5) is 12.8. The third-order valence-electron chi connectivity index (χ3n) is 5.39. The molecule has 0 saturated carbocycles. The Balaban J connectivity index is 1.31. The minimum atomic E-state index is -3.50. The normalized spacial score (nSPS) is 17.9. The number of benzene rings is 1. The van der Waals surface area contributed by atoms with Gasteiger partial charge in [-0.15, -0.1) is 0 Å². The Morgan fingerprint density at radius 3 is 2.68 bits per heavy atom. The highest BCUT2D eigenvalue weighted by Gasteiger charge is 2.40. The molecular weight excluding hydrogens is 378 g/mol. The van der Waals surface area contributed by atoms with Gasteiger partial charge < -0.3 is 4.52 Å². The Kier molecular flexibility index (Phi) is 4.21. The van der Waals surface area contributed by atoms with E-state index in [0.717, 1.165) is 24.8 Å². The Morgan fingerprint density at radius 2 is 1.89 bits per heavy atom. The van der Waals surface area contributed by atoms with Gasteiger partial charge in [-0.2, -0.15) is 9.29 Å². The summed E-state index contributed by atoms with van der Waals surface area (Å²) in [5.41, 5.74) is 2.96. The van der Waals surface area contributed by atoms with Crippen molar-refractivity contribution in [3.05, 3.63) is 53.8 Å². The summed E-state index contributed by atoms with van der Waals surface area (Å²) in [6, 6.07) is 5.53. The van der Waals surface area contributed by atoms with Crippen LogP contribution in [0.4, 0.5) is 0 Å². The van der Waals surface area contributed by atoms with Crippen molar-refractivity contribution in [3.63, 3.8) is 0 Å². The van der Waals surface area contributed by atoms with E-state index in [0.29, 0.717) is 35.4 Å². The molecule has 1 aliphatic heterocycles. The molecule has 0 spiro atoms. The summed E-state index contributed by atoms with van der Waals surface area (Å²) in [6.07, 6.45) is 8.96. The minimum absolute atomic E-state index is 0.106. The maximum Gasteiger partial charge on any atom is 0.243 e. The number of hydrogen-bond acceptors (Lipinski definition) is 7. The van der Waals surface area contributed by atoms with Gasteiger partial charge in [0, 0.05) is 25.5 Å². The number of aryl methyl sites for hydroxylation is 2. The summed E-state index contributed by atoms with van der Waals surface area (Å²) in [5, 5.41) is 3.93. The van der Waals surface area contributed by atoms with Gasteiger partial charge in [0.05, 0.1) is 17.0 Å². The number of hydrogen-bond donors (Lipinski definition) is 0. The monoisotopic (exact) mass is 397 g/mol. The molecule has 0 amide bonds. The van der Waals surface area contributed by atoms with Gasteiger partial charge in [-0.3, -0.25) is 4.98 Å². The molecule has 1 saturated heterocycles. The average Bonchev–Trinajstić information content (AvgIpc) is 3.16. The van der Waals surface area contributed by atoms with Gasteiger partial charge in [0.2, 0.25) is 21.7 Å². The maximum absolute atomic E-state index is 12.9. The highest BCUT2D eigenvalue weighted by molar-refractivity contribution is 7.89. The van der Waals surface area contributed by atoms with Gasteiger partial charge in [-0.25, -0.2) is 13.4 Å². The fourth-order valence-electron chi connectivity index (χ4n) is 3.73. The molecule has 1 fully saturated rings. The van der Waals surface area contributed by atoms with E-state index in [-0.39, 0.29) is 5.92 Å². The lowest BCUT2D eigenvalue weighted by molar-refractivity contribution is 0.217. The summed E-state index contributed by atoms with van der Waals surface area (Å²) in [6.45, 7) is 0.670. The van der Waals surface area contributed by atoms with Crippen LogP contribution in [0.15, 0.2) is 46.2 Å². The zero-order valence-corrected chi connectivity index (χ0v) is 16.0. The van der Waals surface area contributed by atoms with Crippen LogP contribution in [-0.2, 0) is 22.9 Å². The van der Waals surface area contributed by atoms with Crippen molar-refractivity contribution in [1.29, 1.82) is 0 Å². The van der Waals surface area contributed by atoms with Gasteiger partial charge in [-0.05, 0) is 48.9 Å². The molecule has 0 bridgehead atoms. The molecule has 9 heteroatoms. The Morgan fingerprint density at radius 1 is 1.07 bits per heavy atom. The first-order valence-corrected chi connectivity index (χ1v) is 10.8. The van der Waals surface area contributed by atoms with Crippen molar-refractivity contribution < 1.29 is 12.9 Å². The summed E-state index contributed by atoms with van der Waals surface area (Å²) < 4.78 is 32.7. The van der Waals surface area contributed by atoms with E-state index in [4.69, 9.17) is 4.52 Å². The SMILES string of the molecule is O=S(=O)(c1ccc2c(c1)CCCC2)N1CC(c2nc(-c3cnccn3)no2)C1. The van der Waals surface area contributed by atoms with E-state index >= 15 is 0 Å². The summed E-state index contributed by atoms with van der Waals surface area (Å²) in [5.74, 6) is 0.682. The zero-order valence-electron chi connectivity index (χ0n) is 15.2. The van der Waals surface area contributed by atoms with E-state index in [1.54, 1.807) is 24.7 Å². The van der Waals surface area contributed by atoms with E-state index in [2.05, 4.69) is 20.1 Å². The fraction of sp³-hybridized carbons (Fsp3) is 0.368. The minimum Gasteiger partial charge on any atom is -0.339 e. The van der Waals surface area contributed by atoms with Crippen LogP contribution >= 0.6 is 0 Å². The molecular formula is C19H19N5O3S. The second-order valence-corrected chi connectivity index (χ2v) is 9.14. The van der Waals surface area contributed by atoms with Crippen LogP contribution in [0.1, 0.15) is 35.8 Å². The summed E-state index contributed by atoms with van der Waals surface area (Å²) in [7, 11) is -3.50. The quantitative estimate of drug-likeness (QED) is 0.665. The predicted octanol–water partition coefficient (Wildman–Crippen LogP) is 2.19. The van der Waals surface area contributed by atoms with Crippen LogP contribution in [-0.4, -0.2) is 45.9 Å². The number of rotatable bonds is 4. The van der Waals surface area contributed by atoms with E-state index in [1.165, 1.54) is 16.3 Å². The smallest absolute Gasteiger partial charge is 0.243 e. The standard InChI is InChI=1S/C19H19N5O3S/c25-28(26,16-6-5-13-3-1-2-4-14(13)9-16)24-11-15(12-24)19-22-18(23-27-19)17-10-20-7-8-21-17/h5-10,15H,1-4,11-12H2. The molecule has 3 aromatic rings. The van der Waals surface area contributed by atoms with Gasteiger partial charge >= 0.3 is 0 Å². The van der Waals surface area contributed by atoms with Crippen molar-refractivity contribution in [1.82, 2.24) is 24.4 Å². The fourth-order valence-corrected chi connectivity index (χ4v) is 5.31. The Labute approximate surface area is 162 Å². The van der Waals surface area contributed by atoms with Crippen molar-refractivity contribution in [2.24, 2.45) is 0 Å². The first kappa shape index (κ1) is 17.4. The number of nitrogens with zero attached hydrogens (tertiary/aromatic N) is 5. The second kappa shape index (κ2) is 6.75. The molecule has 28 heavy (non-hydrogen) atoms. The molecule has 1 aromatic carbocycles. The van der Waals surface area contributed by atoms with Crippen LogP contribution in [0.25, 0.3) is 11.5 Å². The van der Waals surface area contributed by atoms with Crippen molar-refractivity contribution in [2.75, 3.05) is 13.1 Å². The van der Waals surface area contributed by atoms with Crippen LogP contribution in [0.5, 0.6) is 0 Å². The molecule has 2 aliphatic rings. The Hall–Kier alpha value is -2.65. The highest BCUT2D eigenvalue weighted by Crippen LogP contribution is 2.33. The van der Waals surface area contributed by atoms with Crippen LogP contribution < -0.4 is 0 Å². The van der Waals surface area contributed by atoms with Gasteiger partial charge in [0.15, 0.2) is 0 Å². The topological polar surface area (TPSA) is 102 Å². The van der Waals surface area contributed by atoms with E-state index in [9.17, 15) is 8.42 Å². The lowest BCUT2D eigenvalue weighted by Gasteiger charge is -2.36. The van der Waals surface area contributed by atoms with Crippen molar-refractivity contribution in [2.45, 2.75) is 36.5 Å². The van der Waals surface area contributed by atoms with Gasteiger partial charge in [0.1, 0.15) is 5.69 Å². The highest BCUT2D eigenvalue weighted by atomic mass is 32.2. The number of aromatic nitrogens is 4. The number of sulfonamides is 1. The van der Waals surface area contributed by atoms with E-state index in [1.807, 2.05) is 12.1 Å². The van der Waals surface area contributed by atoms with Crippen LogP contribution in [0.3, 0.4) is 0 Å².